The van der Waals surface area contributed by atoms with E-state index in [1.54, 1.807) is 30.3 Å². The van der Waals surface area contributed by atoms with Gasteiger partial charge in [-0.2, -0.15) is 0 Å². The monoisotopic (exact) mass is 448 g/mol. The lowest BCUT2D eigenvalue weighted by Gasteiger charge is -2.11. The second kappa shape index (κ2) is 9.05. The number of nitrogens with one attached hydrogen (secondary N) is 1. The number of nitrogens with zero attached hydrogens (tertiary/aromatic N) is 1. The molecule has 0 unspecified atom stereocenters. The minimum atomic E-state index is -0.275. The Labute approximate surface area is 192 Å². The maximum Gasteiger partial charge on any atom is 0.255 e. The number of halogens is 1. The van der Waals surface area contributed by atoms with E-state index in [0.717, 1.165) is 27.8 Å². The molecule has 164 valence electrons. The number of hydrogen-bond acceptors (Lipinski definition) is 4. The summed E-state index contributed by atoms with van der Waals surface area (Å²) in [5.41, 5.74) is 5.41. The third kappa shape index (κ3) is 4.78. The first-order valence-electron chi connectivity index (χ1n) is 10.5. The van der Waals surface area contributed by atoms with Crippen LogP contribution in [0.5, 0.6) is 5.75 Å². The molecule has 0 aliphatic carbocycles. The highest BCUT2D eigenvalue weighted by Gasteiger charge is 2.15. The zero-order valence-corrected chi connectivity index (χ0v) is 19.3. The molecule has 0 spiro atoms. The van der Waals surface area contributed by atoms with Crippen molar-refractivity contribution in [1.29, 1.82) is 0 Å². The summed E-state index contributed by atoms with van der Waals surface area (Å²) in [4.78, 5) is 17.5. The van der Waals surface area contributed by atoms with Crippen LogP contribution < -0.4 is 10.1 Å². The first-order valence-corrected chi connectivity index (χ1v) is 10.9. The van der Waals surface area contributed by atoms with E-state index in [-0.39, 0.29) is 5.91 Å². The molecule has 5 nitrogen and oxygen atoms in total. The zero-order valence-electron chi connectivity index (χ0n) is 18.5. The fourth-order valence-electron chi connectivity index (χ4n) is 3.44. The minimum absolute atomic E-state index is 0.275. The number of oxazole rings is 1. The smallest absolute Gasteiger partial charge is 0.255 e. The number of ether oxygens (including phenoxy) is 1. The number of aromatic nitrogens is 1. The third-order valence-corrected chi connectivity index (χ3v) is 5.29. The van der Waals surface area contributed by atoms with E-state index >= 15 is 0 Å². The predicted octanol–water partition coefficient (Wildman–Crippen LogP) is 7.05. The van der Waals surface area contributed by atoms with Gasteiger partial charge in [-0.25, -0.2) is 4.98 Å². The van der Waals surface area contributed by atoms with E-state index in [0.29, 0.717) is 40.4 Å². The third-order valence-electron chi connectivity index (χ3n) is 4.96. The summed E-state index contributed by atoms with van der Waals surface area (Å²) < 4.78 is 11.7. The van der Waals surface area contributed by atoms with E-state index < -0.39 is 0 Å². The lowest BCUT2D eigenvalue weighted by molar-refractivity contribution is 0.102. The molecule has 1 heterocycles. The molecular formula is C26H25ClN2O3. The van der Waals surface area contributed by atoms with Crippen LogP contribution in [0.2, 0.25) is 5.02 Å². The second-order valence-electron chi connectivity index (χ2n) is 8.33. The van der Waals surface area contributed by atoms with Crippen LogP contribution in [0.1, 0.15) is 35.3 Å². The van der Waals surface area contributed by atoms with E-state index in [4.69, 9.17) is 20.8 Å². The Morgan fingerprint density at radius 2 is 1.94 bits per heavy atom. The number of rotatable bonds is 6. The van der Waals surface area contributed by atoms with Crippen molar-refractivity contribution >= 4 is 34.3 Å². The molecule has 1 aromatic heterocycles. The van der Waals surface area contributed by atoms with E-state index in [1.807, 2.05) is 32.0 Å². The lowest BCUT2D eigenvalue weighted by atomic mass is 10.1. The highest BCUT2D eigenvalue weighted by atomic mass is 35.5. The molecular weight excluding hydrogens is 424 g/mol. The van der Waals surface area contributed by atoms with Crippen molar-refractivity contribution in [3.63, 3.8) is 0 Å². The Kier molecular flexibility index (Phi) is 6.19. The van der Waals surface area contributed by atoms with Crippen LogP contribution in [0.4, 0.5) is 5.69 Å². The van der Waals surface area contributed by atoms with E-state index in [2.05, 4.69) is 30.2 Å². The Morgan fingerprint density at radius 3 is 2.72 bits per heavy atom. The second-order valence-corrected chi connectivity index (χ2v) is 8.74. The largest absolute Gasteiger partial charge is 0.493 e. The SMILES string of the molecule is Cc1cc(C)c2oc(-c3ccc(Cl)c(NC(=O)c4cccc(OCC(C)C)c4)c3)nc2c1. The van der Waals surface area contributed by atoms with E-state index in [1.165, 1.54) is 0 Å². The molecule has 3 aromatic carbocycles. The lowest BCUT2D eigenvalue weighted by Crippen LogP contribution is -2.13. The van der Waals surface area contributed by atoms with Gasteiger partial charge in [0.05, 0.1) is 17.3 Å². The van der Waals surface area contributed by atoms with Crippen LogP contribution in [-0.4, -0.2) is 17.5 Å². The Morgan fingerprint density at radius 1 is 1.12 bits per heavy atom. The van der Waals surface area contributed by atoms with Crippen molar-refractivity contribution < 1.29 is 13.9 Å². The average Bonchev–Trinajstić information content (AvgIpc) is 3.18. The summed E-state index contributed by atoms with van der Waals surface area (Å²) in [6.45, 7) is 8.76. The number of benzene rings is 3. The van der Waals surface area contributed by atoms with Crippen molar-refractivity contribution in [1.82, 2.24) is 4.98 Å². The van der Waals surface area contributed by atoms with Gasteiger partial charge < -0.3 is 14.5 Å². The highest BCUT2D eigenvalue weighted by molar-refractivity contribution is 6.34. The van der Waals surface area contributed by atoms with Crippen molar-refractivity contribution in [3.05, 3.63) is 76.3 Å². The number of aryl methyl sites for hydroxylation is 2. The van der Waals surface area contributed by atoms with Gasteiger partial charge in [-0.1, -0.05) is 37.6 Å². The molecule has 32 heavy (non-hydrogen) atoms. The van der Waals surface area contributed by atoms with Gasteiger partial charge in [0.2, 0.25) is 5.89 Å². The summed E-state index contributed by atoms with van der Waals surface area (Å²) in [5, 5.41) is 3.32. The fourth-order valence-corrected chi connectivity index (χ4v) is 3.60. The maximum atomic E-state index is 12.9. The van der Waals surface area contributed by atoms with E-state index in [9.17, 15) is 4.79 Å². The first-order chi connectivity index (χ1) is 15.3. The van der Waals surface area contributed by atoms with Gasteiger partial charge >= 0.3 is 0 Å². The molecule has 4 aromatic rings. The van der Waals surface area contributed by atoms with Gasteiger partial charge in [0.15, 0.2) is 5.58 Å². The average molecular weight is 449 g/mol. The standard InChI is InChI=1S/C26H25ClN2O3/c1-15(2)14-31-20-7-5-6-18(12-20)25(30)28-22-13-19(8-9-21(22)27)26-29-23-11-16(3)10-17(4)24(23)32-26/h5-13,15H,14H2,1-4H3,(H,28,30). The van der Waals surface area contributed by atoms with Crippen LogP contribution in [0, 0.1) is 19.8 Å². The normalized spacial score (nSPS) is 11.2. The Bertz CT molecular complexity index is 1290. The summed E-state index contributed by atoms with van der Waals surface area (Å²) >= 11 is 6.37. The molecule has 0 atom stereocenters. The molecule has 4 rings (SSSR count). The molecule has 6 heteroatoms. The van der Waals surface area contributed by atoms with Crippen LogP contribution in [0.25, 0.3) is 22.6 Å². The van der Waals surface area contributed by atoms with Crippen LogP contribution in [-0.2, 0) is 0 Å². The summed E-state index contributed by atoms with van der Waals surface area (Å²) in [7, 11) is 0. The first kappa shape index (κ1) is 21.9. The van der Waals surface area contributed by atoms with Gasteiger partial charge in [-0.15, -0.1) is 0 Å². The van der Waals surface area contributed by atoms with Gasteiger partial charge in [0, 0.05) is 11.1 Å². The predicted molar refractivity (Wildman–Crippen MR) is 129 cm³/mol. The van der Waals surface area contributed by atoms with Crippen LogP contribution in [0.3, 0.4) is 0 Å². The topological polar surface area (TPSA) is 64.4 Å². The summed E-state index contributed by atoms with van der Waals surface area (Å²) in [5.74, 6) is 1.25. The number of carbonyl (C=O) groups is 1. The number of carbonyl (C=O) groups excluding carboxylic acids is 1. The van der Waals surface area contributed by atoms with Crippen LogP contribution in [0.15, 0.2) is 59.0 Å². The van der Waals surface area contributed by atoms with Crippen LogP contribution >= 0.6 is 11.6 Å². The van der Waals surface area contributed by atoms with Crippen molar-refractivity contribution in [2.75, 3.05) is 11.9 Å². The summed E-state index contributed by atoms with van der Waals surface area (Å²) in [6, 6.07) is 16.5. The number of anilines is 1. The Balaban J connectivity index is 1.59. The quantitative estimate of drug-likeness (QED) is 0.343. The van der Waals surface area contributed by atoms with Crippen molar-refractivity contribution in [3.8, 4) is 17.2 Å². The molecule has 0 fully saturated rings. The molecule has 0 aliphatic heterocycles. The molecule has 1 N–H and O–H groups in total. The summed E-state index contributed by atoms with van der Waals surface area (Å²) in [6.07, 6.45) is 0. The van der Waals surface area contributed by atoms with Crippen molar-refractivity contribution in [2.24, 2.45) is 5.92 Å². The minimum Gasteiger partial charge on any atom is -0.493 e. The molecule has 1 amide bonds. The Hall–Kier alpha value is -3.31. The molecule has 0 saturated heterocycles. The number of hydrogen-bond donors (Lipinski definition) is 1. The van der Waals surface area contributed by atoms with Gasteiger partial charge in [-0.05, 0) is 73.4 Å². The molecule has 0 aliphatic rings. The number of fused-ring (bicyclic) bond motifs is 1. The van der Waals surface area contributed by atoms with Gasteiger partial charge in [0.1, 0.15) is 11.3 Å². The molecule has 0 bridgehead atoms. The zero-order chi connectivity index (χ0) is 22.8. The van der Waals surface area contributed by atoms with Gasteiger partial charge in [-0.3, -0.25) is 4.79 Å². The molecule has 0 saturated carbocycles. The number of amides is 1. The fraction of sp³-hybridized carbons (Fsp3) is 0.231. The molecule has 0 radical (unpaired) electrons. The van der Waals surface area contributed by atoms with Crippen molar-refractivity contribution in [2.45, 2.75) is 27.7 Å². The maximum absolute atomic E-state index is 12.9. The van der Waals surface area contributed by atoms with Gasteiger partial charge in [0.25, 0.3) is 5.91 Å². The highest BCUT2D eigenvalue weighted by Crippen LogP contribution is 2.32.